The van der Waals surface area contributed by atoms with Crippen LogP contribution in [0.25, 0.3) is 16.7 Å². The van der Waals surface area contributed by atoms with Crippen molar-refractivity contribution >= 4 is 34.4 Å². The lowest BCUT2D eigenvalue weighted by Crippen LogP contribution is -2.37. The number of carbonyl (C=O) groups excluding carboxylic acids is 1. The molecule has 1 saturated heterocycles. The van der Waals surface area contributed by atoms with Gasteiger partial charge >= 0.3 is 0 Å². The fourth-order valence-electron chi connectivity index (χ4n) is 4.48. The Hall–Kier alpha value is -3.58. The Bertz CT molecular complexity index is 1380. The molecule has 5 aromatic rings. The van der Waals surface area contributed by atoms with Crippen LogP contribution in [0.5, 0.6) is 0 Å². The maximum absolute atomic E-state index is 13.0. The molecule has 6 nitrogen and oxygen atoms in total. The van der Waals surface area contributed by atoms with Gasteiger partial charge in [0.1, 0.15) is 11.2 Å². The lowest BCUT2D eigenvalue weighted by Gasteiger charge is -2.30. The number of para-hydroxylation sites is 2. The second-order valence-electron chi connectivity index (χ2n) is 8.60. The van der Waals surface area contributed by atoms with Crippen LogP contribution < -0.4 is 0 Å². The van der Waals surface area contributed by atoms with Crippen molar-refractivity contribution in [3.8, 4) is 0 Å². The van der Waals surface area contributed by atoms with Gasteiger partial charge < -0.3 is 13.7 Å². The molecule has 1 aliphatic heterocycles. The van der Waals surface area contributed by atoms with Gasteiger partial charge in [-0.3, -0.25) is 4.79 Å². The van der Waals surface area contributed by atoms with E-state index in [1.807, 2.05) is 82.2 Å². The lowest BCUT2D eigenvalue weighted by molar-refractivity contribution is 0.0706. The lowest BCUT2D eigenvalue weighted by atomic mass is 9.96. The number of thioether (sulfide) groups is 1. The van der Waals surface area contributed by atoms with E-state index >= 15 is 0 Å². The fraction of sp³-hybridized carbons (Fsp3) is 0.222. The molecule has 2 aromatic carbocycles. The predicted octanol–water partition coefficient (Wildman–Crippen LogP) is 5.79. The van der Waals surface area contributed by atoms with Crippen LogP contribution in [-0.2, 0) is 5.75 Å². The van der Waals surface area contributed by atoms with Gasteiger partial charge in [-0.05, 0) is 61.4 Å². The first-order valence-electron chi connectivity index (χ1n) is 11.5. The van der Waals surface area contributed by atoms with Crippen molar-refractivity contribution in [2.24, 2.45) is 0 Å². The van der Waals surface area contributed by atoms with Gasteiger partial charge in [0.25, 0.3) is 5.91 Å². The van der Waals surface area contributed by atoms with Crippen LogP contribution in [0, 0.1) is 0 Å². The van der Waals surface area contributed by atoms with Crippen LogP contribution >= 0.6 is 11.8 Å². The zero-order chi connectivity index (χ0) is 22.9. The summed E-state index contributed by atoms with van der Waals surface area (Å²) in [7, 11) is 0. The molecule has 34 heavy (non-hydrogen) atoms. The number of fused-ring (bicyclic) bond motifs is 2. The van der Waals surface area contributed by atoms with Crippen molar-refractivity contribution in [3.05, 3.63) is 96.3 Å². The average Bonchev–Trinajstić information content (AvgIpc) is 3.51. The molecule has 0 aliphatic carbocycles. The highest BCUT2D eigenvalue weighted by molar-refractivity contribution is 7.98. The highest BCUT2D eigenvalue weighted by atomic mass is 32.2. The molecule has 0 unspecified atom stereocenters. The fourth-order valence-corrected chi connectivity index (χ4v) is 5.27. The number of hydrogen-bond acceptors (Lipinski definition) is 5. The summed E-state index contributed by atoms with van der Waals surface area (Å²) >= 11 is 1.73. The van der Waals surface area contributed by atoms with Crippen LogP contribution in [0.3, 0.4) is 0 Å². The molecule has 1 aliphatic rings. The van der Waals surface area contributed by atoms with E-state index in [9.17, 15) is 4.79 Å². The minimum absolute atomic E-state index is 0.0907. The summed E-state index contributed by atoms with van der Waals surface area (Å²) in [5.41, 5.74) is 4.46. The number of piperidine rings is 1. The molecular formula is C27H24N4O2S. The van der Waals surface area contributed by atoms with E-state index in [-0.39, 0.29) is 11.8 Å². The Morgan fingerprint density at radius 3 is 2.56 bits per heavy atom. The van der Waals surface area contributed by atoms with Gasteiger partial charge in [0.15, 0.2) is 11.5 Å². The number of rotatable bonds is 5. The minimum atomic E-state index is 0.0907. The number of amides is 1. The standard InChI is InChI=1S/C27H24N4O2S/c32-27(30-15-12-19(13-16-30)26-29-23-5-1-2-6-24(23)33-26)20-8-10-22(11-9-20)34-18-21-17-31-14-4-3-7-25(31)28-21/h1-11,14,17,19H,12-13,15-16,18H2. The molecule has 0 N–H and O–H groups in total. The molecule has 0 bridgehead atoms. The van der Waals surface area contributed by atoms with E-state index in [2.05, 4.69) is 16.2 Å². The zero-order valence-electron chi connectivity index (χ0n) is 18.6. The first-order chi connectivity index (χ1) is 16.7. The van der Waals surface area contributed by atoms with E-state index in [4.69, 9.17) is 4.42 Å². The first kappa shape index (κ1) is 21.0. The molecular weight excluding hydrogens is 444 g/mol. The Labute approximate surface area is 201 Å². The number of oxazole rings is 1. The Morgan fingerprint density at radius 2 is 1.76 bits per heavy atom. The third-order valence-corrected chi connectivity index (χ3v) is 7.39. The van der Waals surface area contributed by atoms with Crippen molar-refractivity contribution in [3.63, 3.8) is 0 Å². The summed E-state index contributed by atoms with van der Waals surface area (Å²) in [4.78, 5) is 25.4. The van der Waals surface area contributed by atoms with E-state index in [1.165, 1.54) is 0 Å². The van der Waals surface area contributed by atoms with Crippen LogP contribution in [0.4, 0.5) is 0 Å². The van der Waals surface area contributed by atoms with Gasteiger partial charge in [-0.2, -0.15) is 0 Å². The summed E-state index contributed by atoms with van der Waals surface area (Å²) in [5, 5.41) is 0. The highest BCUT2D eigenvalue weighted by Gasteiger charge is 2.27. The summed E-state index contributed by atoms with van der Waals surface area (Å²) in [6, 6.07) is 21.8. The SMILES string of the molecule is O=C(c1ccc(SCc2cn3ccccc3n2)cc1)N1CCC(c2nc3ccccc3o2)CC1. The average molecular weight is 469 g/mol. The van der Waals surface area contributed by atoms with Gasteiger partial charge in [0.2, 0.25) is 0 Å². The van der Waals surface area contributed by atoms with Crippen molar-refractivity contribution in [1.29, 1.82) is 0 Å². The number of pyridine rings is 1. The maximum atomic E-state index is 13.0. The van der Waals surface area contributed by atoms with Crippen molar-refractivity contribution in [2.45, 2.75) is 29.4 Å². The van der Waals surface area contributed by atoms with Gasteiger partial charge in [0, 0.05) is 47.6 Å². The van der Waals surface area contributed by atoms with E-state index < -0.39 is 0 Å². The van der Waals surface area contributed by atoms with Crippen LogP contribution in [-0.4, -0.2) is 38.3 Å². The zero-order valence-corrected chi connectivity index (χ0v) is 19.4. The van der Waals surface area contributed by atoms with Gasteiger partial charge in [-0.25, -0.2) is 9.97 Å². The van der Waals surface area contributed by atoms with Gasteiger partial charge in [-0.1, -0.05) is 18.2 Å². The third kappa shape index (κ3) is 4.19. The summed E-state index contributed by atoms with van der Waals surface area (Å²) in [5.74, 6) is 1.93. The smallest absolute Gasteiger partial charge is 0.253 e. The van der Waals surface area contributed by atoms with Crippen molar-refractivity contribution < 1.29 is 9.21 Å². The number of likely N-dealkylation sites (tertiary alicyclic amines) is 1. The number of nitrogens with zero attached hydrogens (tertiary/aromatic N) is 4. The predicted molar refractivity (Wildman–Crippen MR) is 133 cm³/mol. The molecule has 0 radical (unpaired) electrons. The molecule has 1 fully saturated rings. The topological polar surface area (TPSA) is 63.6 Å². The molecule has 7 heteroatoms. The van der Waals surface area contributed by atoms with Crippen LogP contribution in [0.1, 0.15) is 40.7 Å². The molecule has 6 rings (SSSR count). The Kier molecular flexibility index (Phi) is 5.55. The summed E-state index contributed by atoms with van der Waals surface area (Å²) < 4.78 is 7.98. The maximum Gasteiger partial charge on any atom is 0.253 e. The molecule has 170 valence electrons. The molecule has 0 saturated carbocycles. The number of hydrogen-bond donors (Lipinski definition) is 0. The largest absolute Gasteiger partial charge is 0.440 e. The highest BCUT2D eigenvalue weighted by Crippen LogP contribution is 2.31. The second kappa shape index (κ2) is 8.99. The first-order valence-corrected chi connectivity index (χ1v) is 12.5. The molecule has 0 spiro atoms. The molecule has 1 amide bonds. The Morgan fingerprint density at radius 1 is 0.971 bits per heavy atom. The molecule has 0 atom stereocenters. The Balaban J connectivity index is 1.05. The summed E-state index contributed by atoms with van der Waals surface area (Å²) in [6.07, 6.45) is 5.80. The second-order valence-corrected chi connectivity index (χ2v) is 9.65. The van der Waals surface area contributed by atoms with Crippen molar-refractivity contribution in [2.75, 3.05) is 13.1 Å². The number of imidazole rings is 1. The third-order valence-electron chi connectivity index (χ3n) is 6.34. The number of aromatic nitrogens is 3. The molecule has 3 aromatic heterocycles. The molecule has 4 heterocycles. The van der Waals surface area contributed by atoms with E-state index in [1.54, 1.807) is 11.8 Å². The number of benzene rings is 2. The summed E-state index contributed by atoms with van der Waals surface area (Å²) in [6.45, 7) is 1.43. The minimum Gasteiger partial charge on any atom is -0.440 e. The van der Waals surface area contributed by atoms with Crippen LogP contribution in [0.15, 0.2) is 88.4 Å². The van der Waals surface area contributed by atoms with Gasteiger partial charge in [-0.15, -0.1) is 11.8 Å². The quantitative estimate of drug-likeness (QED) is 0.306. The van der Waals surface area contributed by atoms with E-state index in [0.29, 0.717) is 13.1 Å². The van der Waals surface area contributed by atoms with Crippen molar-refractivity contribution in [1.82, 2.24) is 19.3 Å². The monoisotopic (exact) mass is 468 g/mol. The number of carbonyl (C=O) groups is 1. The van der Waals surface area contributed by atoms with E-state index in [0.717, 1.165) is 57.4 Å². The van der Waals surface area contributed by atoms with Crippen LogP contribution in [0.2, 0.25) is 0 Å². The normalized spacial score (nSPS) is 14.8. The van der Waals surface area contributed by atoms with Gasteiger partial charge in [0.05, 0.1) is 5.69 Å².